The molecule has 2 N–H and O–H groups in total. The minimum Gasteiger partial charge on any atom is -0.496 e. The van der Waals surface area contributed by atoms with Gasteiger partial charge in [0.2, 0.25) is 0 Å². The minimum atomic E-state index is 0.0101. The number of carbonyl (C=O) groups excluding carboxylic acids is 2. The second kappa shape index (κ2) is 18.7. The summed E-state index contributed by atoms with van der Waals surface area (Å²) in [5.74, 6) is 2.77. The van der Waals surface area contributed by atoms with Crippen LogP contribution in [0.5, 0.6) is 11.5 Å². The molecule has 10 rings (SSSR count). The van der Waals surface area contributed by atoms with Crippen LogP contribution in [0.25, 0.3) is 31.3 Å². The molecule has 0 unspecified atom stereocenters. The van der Waals surface area contributed by atoms with Crippen molar-refractivity contribution in [1.29, 1.82) is 0 Å². The quantitative estimate of drug-likeness (QED) is 0.101. The summed E-state index contributed by atoms with van der Waals surface area (Å²) in [6.07, 6.45) is 9.92. The van der Waals surface area contributed by atoms with Crippen molar-refractivity contribution in [2.45, 2.75) is 45.3 Å². The highest BCUT2D eigenvalue weighted by Crippen LogP contribution is 2.41. The maximum absolute atomic E-state index is 13.5. The van der Waals surface area contributed by atoms with Gasteiger partial charge in [-0.2, -0.15) is 5.10 Å². The smallest absolute Gasteiger partial charge is 0.320 e. The summed E-state index contributed by atoms with van der Waals surface area (Å²) < 4.78 is 11.3. The molecule has 8 heterocycles. The number of anilines is 2. The topological polar surface area (TPSA) is 170 Å². The molecule has 0 saturated carbocycles. The number of H-pyrrole nitrogens is 1. The maximum Gasteiger partial charge on any atom is 0.320 e. The predicted molar refractivity (Wildman–Crippen MR) is 253 cm³/mol. The third-order valence-electron chi connectivity index (χ3n) is 11.8. The number of thiophene rings is 2. The van der Waals surface area contributed by atoms with Crippen LogP contribution in [0.2, 0.25) is 5.15 Å². The average molecular weight is 942 g/mol. The van der Waals surface area contributed by atoms with Crippen LogP contribution >= 0.6 is 45.9 Å². The molecule has 7 aromatic rings. The van der Waals surface area contributed by atoms with E-state index in [-0.39, 0.29) is 12.1 Å². The van der Waals surface area contributed by atoms with Crippen molar-refractivity contribution >= 4 is 107 Å². The zero-order chi connectivity index (χ0) is 44.5. The summed E-state index contributed by atoms with van der Waals surface area (Å²) in [7, 11) is 7.00. The zero-order valence-corrected chi connectivity index (χ0v) is 38.9. The lowest BCUT2D eigenvalue weighted by atomic mass is 10.0. The largest absolute Gasteiger partial charge is 0.496 e. The minimum absolute atomic E-state index is 0.0101. The number of benzene rings is 2. The number of aryl methyl sites for hydroxylation is 1. The van der Waals surface area contributed by atoms with Crippen molar-refractivity contribution < 1.29 is 19.1 Å². The molecule has 0 saturated heterocycles. The summed E-state index contributed by atoms with van der Waals surface area (Å²) in [4.78, 5) is 59.0. The van der Waals surface area contributed by atoms with Crippen molar-refractivity contribution in [3.8, 4) is 11.5 Å². The number of urea groups is 2. The molecule has 2 aromatic carbocycles. The second-order valence-electron chi connectivity index (χ2n) is 15.8. The standard InChI is InChI=1S/C31H32N8O3S.C13H14Cl2N4OS/c1-38(7-4-5-18-9-21-15-35-37-23(21)12-25(18)41-2)31(40)39-8-6-22-27(16-39)43-30-28(22)29(33-17-34-30)36-24-10-19-13-32-14-20(19)11-26(24)42-3;1-18(5-3-14)13(20)19-4-2-8-9(6-19)21-12-10(8)11(15)16-7-17-12/h9-13,15,17H,4-8,14,16H2,1-3H3,(H,35,37)(H,33,34,36);7H,2-6H2,1H3. The number of nitrogens with zero attached hydrogens (tertiary/aromatic N) is 10. The normalized spacial score (nSPS) is 14.0. The highest BCUT2D eigenvalue weighted by molar-refractivity contribution is 7.19. The fourth-order valence-electron chi connectivity index (χ4n) is 8.48. The number of nitrogens with one attached hydrogen (secondary N) is 2. The highest BCUT2D eigenvalue weighted by Gasteiger charge is 2.30. The molecule has 0 spiro atoms. The lowest BCUT2D eigenvalue weighted by Crippen LogP contribution is -2.43. The summed E-state index contributed by atoms with van der Waals surface area (Å²) >= 11 is 15.1. The summed E-state index contributed by atoms with van der Waals surface area (Å²) in [5, 5.41) is 14.1. The molecule has 4 amide bonds. The van der Waals surface area contributed by atoms with Gasteiger partial charge in [-0.15, -0.1) is 34.3 Å². The molecule has 0 fully saturated rings. The van der Waals surface area contributed by atoms with E-state index in [0.29, 0.717) is 56.8 Å². The first kappa shape index (κ1) is 43.4. The van der Waals surface area contributed by atoms with Gasteiger partial charge >= 0.3 is 12.1 Å². The molecule has 0 aliphatic carbocycles. The number of hydrogen-bond donors (Lipinski definition) is 2. The summed E-state index contributed by atoms with van der Waals surface area (Å²) in [6.45, 7) is 4.33. The first-order valence-corrected chi connectivity index (χ1v) is 23.4. The van der Waals surface area contributed by atoms with Gasteiger partial charge in [0.05, 0.1) is 62.0 Å². The molecule has 0 atom stereocenters. The Morgan fingerprint density at radius 1 is 0.859 bits per heavy atom. The number of aromatic nitrogens is 6. The van der Waals surface area contributed by atoms with Gasteiger partial charge in [-0.25, -0.2) is 29.5 Å². The number of aliphatic imine (C=N–C) groups is 1. The Balaban J connectivity index is 0.000000207. The third kappa shape index (κ3) is 8.58. The number of carbonyl (C=O) groups is 2. The zero-order valence-electron chi connectivity index (χ0n) is 35.8. The Labute approximate surface area is 387 Å². The Morgan fingerprint density at radius 3 is 2.23 bits per heavy atom. The van der Waals surface area contributed by atoms with Gasteiger partial charge in [0.25, 0.3) is 0 Å². The third-order valence-corrected chi connectivity index (χ3v) is 14.5. The van der Waals surface area contributed by atoms with Crippen molar-refractivity contribution in [1.82, 2.24) is 49.7 Å². The number of ether oxygens (including phenoxy) is 2. The first-order valence-electron chi connectivity index (χ1n) is 20.8. The number of methoxy groups -OCH3 is 2. The molecule has 20 heteroatoms. The Bertz CT molecular complexity index is 2920. The molecule has 3 aliphatic rings. The van der Waals surface area contributed by atoms with E-state index in [1.54, 1.807) is 55.2 Å². The van der Waals surface area contributed by atoms with Crippen LogP contribution < -0.4 is 14.8 Å². The number of rotatable bonds is 10. The lowest BCUT2D eigenvalue weighted by molar-refractivity contribution is 0.157. The molecule has 5 aromatic heterocycles. The lowest BCUT2D eigenvalue weighted by Gasteiger charge is -2.31. The van der Waals surface area contributed by atoms with E-state index in [0.717, 1.165) is 106 Å². The number of alkyl halides is 1. The van der Waals surface area contributed by atoms with E-state index >= 15 is 0 Å². The van der Waals surface area contributed by atoms with Crippen molar-refractivity contribution in [3.63, 3.8) is 0 Å². The second-order valence-corrected chi connectivity index (χ2v) is 18.7. The monoisotopic (exact) mass is 940 g/mol. The van der Waals surface area contributed by atoms with Gasteiger partial charge in [0, 0.05) is 73.6 Å². The molecular formula is C44H46Cl2N12O4S2. The van der Waals surface area contributed by atoms with Crippen LogP contribution in [0.4, 0.5) is 21.1 Å². The molecule has 0 bridgehead atoms. The van der Waals surface area contributed by atoms with Gasteiger partial charge in [-0.05, 0) is 71.7 Å². The Morgan fingerprint density at radius 2 is 1.53 bits per heavy atom. The molecule has 16 nitrogen and oxygen atoms in total. The van der Waals surface area contributed by atoms with Crippen LogP contribution in [0, 0.1) is 0 Å². The molecule has 0 radical (unpaired) electrons. The fourth-order valence-corrected chi connectivity index (χ4v) is 11.4. The number of fused-ring (bicyclic) bond motifs is 8. The Hall–Kier alpha value is -5.82. The van der Waals surface area contributed by atoms with Crippen LogP contribution in [-0.4, -0.2) is 128 Å². The predicted octanol–water partition coefficient (Wildman–Crippen LogP) is 8.30. The summed E-state index contributed by atoms with van der Waals surface area (Å²) in [6, 6.07) is 8.21. The molecule has 332 valence electrons. The number of amides is 4. The Kier molecular flexibility index (Phi) is 12.7. The van der Waals surface area contributed by atoms with Crippen molar-refractivity contribution in [2.24, 2.45) is 4.99 Å². The number of hydrogen-bond acceptors (Lipinski definition) is 13. The van der Waals surface area contributed by atoms with E-state index in [1.807, 2.05) is 46.3 Å². The average Bonchev–Trinajstić information content (AvgIpc) is 4.12. The van der Waals surface area contributed by atoms with E-state index in [2.05, 4.69) is 52.6 Å². The summed E-state index contributed by atoms with van der Waals surface area (Å²) in [5.41, 5.74) is 7.52. The van der Waals surface area contributed by atoms with Crippen LogP contribution in [0.1, 0.15) is 44.0 Å². The maximum atomic E-state index is 13.5. The number of halogens is 2. The van der Waals surface area contributed by atoms with Crippen LogP contribution in [-0.2, 0) is 38.9 Å². The SMILES string of the molecule is CN(CCCl)C(=O)N1CCc2c(sc3ncnc(Cl)c23)C1.COc1cc2[nH]ncc2cc1CCCN(C)C(=O)N1CCc2c(sc3ncnc(Nc4cc5c(cc4OC)CN=C5)c23)C1. The van der Waals surface area contributed by atoms with Gasteiger partial charge in [-0.1, -0.05) is 11.6 Å². The van der Waals surface area contributed by atoms with Crippen molar-refractivity contribution in [3.05, 3.63) is 85.8 Å². The fraction of sp³-hybridized carbons (Fsp3) is 0.364. The van der Waals surface area contributed by atoms with Gasteiger partial charge in [-0.3, -0.25) is 10.1 Å². The van der Waals surface area contributed by atoms with Crippen LogP contribution in [0.3, 0.4) is 0 Å². The van der Waals surface area contributed by atoms with Gasteiger partial charge in [0.1, 0.15) is 44.8 Å². The van der Waals surface area contributed by atoms with Crippen LogP contribution in [0.15, 0.2) is 48.1 Å². The van der Waals surface area contributed by atoms with E-state index in [1.165, 1.54) is 17.5 Å². The van der Waals surface area contributed by atoms with Gasteiger partial charge in [0.15, 0.2) is 0 Å². The molecule has 64 heavy (non-hydrogen) atoms. The van der Waals surface area contributed by atoms with Gasteiger partial charge < -0.3 is 34.4 Å². The van der Waals surface area contributed by atoms with E-state index in [4.69, 9.17) is 32.7 Å². The first-order chi connectivity index (χ1) is 31.1. The van der Waals surface area contributed by atoms with Crippen molar-refractivity contribution in [2.75, 3.05) is 65.7 Å². The molecule has 3 aliphatic heterocycles. The number of aromatic amines is 1. The molecular weight excluding hydrogens is 896 g/mol. The highest BCUT2D eigenvalue weighted by atomic mass is 35.5. The van der Waals surface area contributed by atoms with E-state index in [9.17, 15) is 9.59 Å². The van der Waals surface area contributed by atoms with E-state index < -0.39 is 0 Å².